The number of hydrogen-bond acceptors (Lipinski definition) is 6. The molecule has 1 N–H and O–H groups in total. The number of fused-ring (bicyclic) bond motifs is 2. The SMILES string of the molecule is COc1cc2c(cc1OC)[C@@H]([C@H](c1ccccc1)[S@@](=O)c1c(OC)ccc3ccccc13)N(O)CC2. The van der Waals surface area contributed by atoms with Gasteiger partial charge in [0.25, 0.3) is 0 Å². The van der Waals surface area contributed by atoms with Crippen LogP contribution in [0.15, 0.2) is 83.8 Å². The molecule has 0 saturated carbocycles. The normalized spacial score (nSPS) is 17.3. The van der Waals surface area contributed by atoms with Crippen molar-refractivity contribution in [3.63, 3.8) is 0 Å². The fraction of sp³-hybridized carbons (Fsp3) is 0.241. The van der Waals surface area contributed by atoms with Gasteiger partial charge in [0.05, 0.1) is 48.3 Å². The Balaban J connectivity index is 1.75. The van der Waals surface area contributed by atoms with E-state index in [4.69, 9.17) is 14.2 Å². The van der Waals surface area contributed by atoms with Crippen molar-refractivity contribution in [1.82, 2.24) is 5.06 Å². The maximum absolute atomic E-state index is 14.7. The predicted octanol–water partition coefficient (Wildman–Crippen LogP) is 5.70. The van der Waals surface area contributed by atoms with E-state index in [2.05, 4.69) is 0 Å². The molecule has 0 bridgehead atoms. The van der Waals surface area contributed by atoms with Crippen LogP contribution in [0.25, 0.3) is 10.8 Å². The molecule has 1 aliphatic heterocycles. The molecule has 0 amide bonds. The van der Waals surface area contributed by atoms with Gasteiger partial charge < -0.3 is 19.4 Å². The zero-order chi connectivity index (χ0) is 25.2. The maximum atomic E-state index is 14.7. The molecule has 3 atom stereocenters. The minimum atomic E-state index is -1.60. The molecule has 0 aromatic heterocycles. The standard InChI is InChI=1S/C29H29NO5S/c1-33-24-14-13-19-9-7-8-12-22(19)29(24)36(32)28(20-10-5-4-6-11-20)27-23-18-26(35-3)25(34-2)17-21(23)15-16-30(27)31/h4-14,17-18,27-28,31H,15-16H2,1-3H3/t27-,28-,36+/m0/s1. The van der Waals surface area contributed by atoms with Gasteiger partial charge in [-0.2, -0.15) is 5.06 Å². The molecule has 0 spiro atoms. The molecule has 5 rings (SSSR count). The van der Waals surface area contributed by atoms with Crippen LogP contribution in [0.1, 0.15) is 28.0 Å². The first-order chi connectivity index (χ1) is 17.6. The number of hydrogen-bond donors (Lipinski definition) is 1. The third kappa shape index (κ3) is 4.23. The summed E-state index contributed by atoms with van der Waals surface area (Å²) in [6.45, 7) is 0.403. The summed E-state index contributed by atoms with van der Waals surface area (Å²) in [5, 5.41) is 13.8. The van der Waals surface area contributed by atoms with E-state index in [-0.39, 0.29) is 0 Å². The fourth-order valence-electron chi connectivity index (χ4n) is 5.07. The quantitative estimate of drug-likeness (QED) is 0.349. The van der Waals surface area contributed by atoms with Gasteiger partial charge >= 0.3 is 0 Å². The van der Waals surface area contributed by atoms with Crippen LogP contribution in [0.2, 0.25) is 0 Å². The Labute approximate surface area is 213 Å². The molecular formula is C29H29NO5S. The highest BCUT2D eigenvalue weighted by molar-refractivity contribution is 7.85. The van der Waals surface area contributed by atoms with Crippen molar-refractivity contribution in [3.05, 3.63) is 95.6 Å². The lowest BCUT2D eigenvalue weighted by Gasteiger charge is -2.38. The van der Waals surface area contributed by atoms with Crippen LogP contribution in [-0.2, 0) is 17.2 Å². The number of nitrogens with zero attached hydrogens (tertiary/aromatic N) is 1. The van der Waals surface area contributed by atoms with E-state index in [1.807, 2.05) is 78.9 Å². The van der Waals surface area contributed by atoms with Crippen LogP contribution in [0.4, 0.5) is 0 Å². The molecule has 1 heterocycles. The molecule has 6 nitrogen and oxygen atoms in total. The number of rotatable bonds is 7. The van der Waals surface area contributed by atoms with Gasteiger partial charge in [-0.15, -0.1) is 0 Å². The Morgan fingerprint density at radius 1 is 0.861 bits per heavy atom. The van der Waals surface area contributed by atoms with Gasteiger partial charge in [0.2, 0.25) is 0 Å². The Morgan fingerprint density at radius 3 is 2.25 bits per heavy atom. The summed E-state index contributed by atoms with van der Waals surface area (Å²) in [5.74, 6) is 1.76. The van der Waals surface area contributed by atoms with E-state index in [1.54, 1.807) is 21.3 Å². The van der Waals surface area contributed by atoms with Crippen molar-refractivity contribution < 1.29 is 23.6 Å². The first kappa shape index (κ1) is 24.3. The molecule has 0 aliphatic carbocycles. The van der Waals surface area contributed by atoms with Gasteiger partial charge in [-0.1, -0.05) is 60.7 Å². The largest absolute Gasteiger partial charge is 0.495 e. The number of hydroxylamine groups is 2. The van der Waals surface area contributed by atoms with Crippen molar-refractivity contribution in [2.75, 3.05) is 27.9 Å². The summed E-state index contributed by atoms with van der Waals surface area (Å²) in [6, 6.07) is 24.7. The highest BCUT2D eigenvalue weighted by Gasteiger charge is 2.40. The average Bonchev–Trinajstić information content (AvgIpc) is 2.93. The first-order valence-electron chi connectivity index (χ1n) is 11.8. The van der Waals surface area contributed by atoms with E-state index in [0.717, 1.165) is 27.5 Å². The van der Waals surface area contributed by atoms with Crippen molar-refractivity contribution in [3.8, 4) is 17.2 Å². The third-order valence-corrected chi connectivity index (χ3v) is 8.62. The molecule has 0 unspecified atom stereocenters. The Morgan fingerprint density at radius 2 is 1.53 bits per heavy atom. The van der Waals surface area contributed by atoms with Crippen LogP contribution in [0.5, 0.6) is 17.2 Å². The Bertz CT molecular complexity index is 1410. The minimum absolute atomic E-state index is 0.403. The second-order valence-electron chi connectivity index (χ2n) is 8.71. The summed E-state index contributed by atoms with van der Waals surface area (Å²) >= 11 is 0. The van der Waals surface area contributed by atoms with E-state index in [0.29, 0.717) is 35.1 Å². The van der Waals surface area contributed by atoms with Gasteiger partial charge in [-0.25, -0.2) is 0 Å². The molecule has 0 radical (unpaired) electrons. The van der Waals surface area contributed by atoms with Gasteiger partial charge in [0.1, 0.15) is 5.75 Å². The minimum Gasteiger partial charge on any atom is -0.495 e. The van der Waals surface area contributed by atoms with Crippen LogP contribution in [-0.4, -0.2) is 42.4 Å². The molecule has 186 valence electrons. The van der Waals surface area contributed by atoms with E-state index >= 15 is 0 Å². The molecule has 36 heavy (non-hydrogen) atoms. The number of benzene rings is 4. The second-order valence-corrected chi connectivity index (χ2v) is 10.2. The zero-order valence-corrected chi connectivity index (χ0v) is 21.3. The first-order valence-corrected chi connectivity index (χ1v) is 13.0. The molecule has 4 aromatic carbocycles. The summed E-state index contributed by atoms with van der Waals surface area (Å²) in [4.78, 5) is 0.616. The molecule has 0 saturated heterocycles. The third-order valence-electron chi connectivity index (χ3n) is 6.81. The summed E-state index contributed by atoms with van der Waals surface area (Å²) in [6.07, 6.45) is 0.633. The van der Waals surface area contributed by atoms with Crippen molar-refractivity contribution in [2.45, 2.75) is 22.6 Å². The van der Waals surface area contributed by atoms with E-state index in [9.17, 15) is 9.42 Å². The van der Waals surface area contributed by atoms with Crippen molar-refractivity contribution in [2.24, 2.45) is 0 Å². The molecular weight excluding hydrogens is 474 g/mol. The Hall–Kier alpha value is -3.39. The number of methoxy groups -OCH3 is 3. The lowest BCUT2D eigenvalue weighted by atomic mass is 9.89. The Kier molecular flexibility index (Phi) is 6.96. The monoisotopic (exact) mass is 503 g/mol. The topological polar surface area (TPSA) is 68.2 Å². The summed E-state index contributed by atoms with van der Waals surface area (Å²) < 4.78 is 31.5. The summed E-state index contributed by atoms with van der Waals surface area (Å²) in [7, 11) is 3.19. The second kappa shape index (κ2) is 10.3. The molecule has 1 aliphatic rings. The van der Waals surface area contributed by atoms with E-state index in [1.165, 1.54) is 5.06 Å². The highest BCUT2D eigenvalue weighted by atomic mass is 32.2. The van der Waals surface area contributed by atoms with Crippen LogP contribution >= 0.6 is 0 Å². The summed E-state index contributed by atoms with van der Waals surface area (Å²) in [5.41, 5.74) is 2.76. The van der Waals surface area contributed by atoms with Gasteiger partial charge in [0, 0.05) is 11.9 Å². The maximum Gasteiger partial charge on any atom is 0.161 e. The highest BCUT2D eigenvalue weighted by Crippen LogP contribution is 2.48. The van der Waals surface area contributed by atoms with Gasteiger partial charge in [-0.3, -0.25) is 4.21 Å². The van der Waals surface area contributed by atoms with Crippen LogP contribution in [0.3, 0.4) is 0 Å². The van der Waals surface area contributed by atoms with Crippen LogP contribution in [0, 0.1) is 0 Å². The zero-order valence-electron chi connectivity index (χ0n) is 20.5. The van der Waals surface area contributed by atoms with Crippen LogP contribution < -0.4 is 14.2 Å². The lowest BCUT2D eigenvalue weighted by molar-refractivity contribution is -0.134. The smallest absolute Gasteiger partial charge is 0.161 e. The molecule has 4 aromatic rings. The fourth-order valence-corrected chi connectivity index (χ4v) is 7.00. The van der Waals surface area contributed by atoms with Gasteiger partial charge in [0.15, 0.2) is 11.5 Å². The molecule has 0 fully saturated rings. The predicted molar refractivity (Wildman–Crippen MR) is 141 cm³/mol. The van der Waals surface area contributed by atoms with Gasteiger partial charge in [-0.05, 0) is 46.7 Å². The average molecular weight is 504 g/mol. The molecule has 7 heteroatoms. The van der Waals surface area contributed by atoms with Crippen molar-refractivity contribution >= 4 is 21.6 Å². The van der Waals surface area contributed by atoms with E-state index < -0.39 is 22.1 Å². The number of ether oxygens (including phenoxy) is 3. The van der Waals surface area contributed by atoms with Crippen molar-refractivity contribution in [1.29, 1.82) is 0 Å². The lowest BCUT2D eigenvalue weighted by Crippen LogP contribution is -2.37.